The maximum absolute atomic E-state index is 13.7. The Morgan fingerprint density at radius 3 is 2.23 bits per heavy atom. The molecular formula is C32H30ClF6NO4. The van der Waals surface area contributed by atoms with Crippen LogP contribution in [0, 0.1) is 23.7 Å². The van der Waals surface area contributed by atoms with E-state index in [4.69, 9.17) is 16.3 Å². The number of benzene rings is 2. The van der Waals surface area contributed by atoms with Crippen molar-refractivity contribution in [2.45, 2.75) is 58.5 Å². The molecule has 0 bridgehead atoms. The van der Waals surface area contributed by atoms with Crippen LogP contribution in [-0.4, -0.2) is 29.6 Å². The van der Waals surface area contributed by atoms with Gasteiger partial charge in [-0.3, -0.25) is 9.59 Å². The molecule has 5 nitrogen and oxygen atoms in total. The summed E-state index contributed by atoms with van der Waals surface area (Å²) < 4.78 is 87.5. The molecule has 3 aliphatic rings. The van der Waals surface area contributed by atoms with Gasteiger partial charge in [0.25, 0.3) is 0 Å². The summed E-state index contributed by atoms with van der Waals surface area (Å²) in [7, 11) is 0. The number of allylic oxidation sites excluding steroid dienone is 2. The molecule has 1 N–H and O–H groups in total. The summed E-state index contributed by atoms with van der Waals surface area (Å²) in [6, 6.07) is 5.48. The molecule has 0 aromatic heterocycles. The van der Waals surface area contributed by atoms with E-state index in [1.807, 2.05) is 26.8 Å². The number of alkyl halides is 6. The van der Waals surface area contributed by atoms with Gasteiger partial charge in [-0.2, -0.15) is 26.3 Å². The van der Waals surface area contributed by atoms with E-state index in [9.17, 15) is 41.0 Å². The minimum absolute atomic E-state index is 0.0282. The van der Waals surface area contributed by atoms with E-state index < -0.39 is 58.7 Å². The first-order valence-electron chi connectivity index (χ1n) is 14.1. The predicted octanol–water partition coefficient (Wildman–Crippen LogP) is 8.44. The molecule has 0 unspecified atom stereocenters. The topological polar surface area (TPSA) is 66.8 Å². The normalized spacial score (nSPS) is 24.4. The number of halogens is 7. The number of imide groups is 1. The van der Waals surface area contributed by atoms with Gasteiger partial charge >= 0.3 is 12.4 Å². The van der Waals surface area contributed by atoms with Gasteiger partial charge in [-0.25, -0.2) is 4.90 Å². The van der Waals surface area contributed by atoms with E-state index in [1.54, 1.807) is 6.07 Å². The SMILES string of the molecule is C/C(=C\c1ccc(O)cc1Cl)CC[C@H]1OC[C@H]2C1=C(C(C)C)C[C@H]1C(=O)N(c3cc(C(F)(F)F)cc(C(F)(F)F)c3)C(=O)[C@H]12. The van der Waals surface area contributed by atoms with Crippen LogP contribution in [0.4, 0.5) is 32.0 Å². The van der Waals surface area contributed by atoms with Crippen LogP contribution in [0.3, 0.4) is 0 Å². The molecule has 0 saturated carbocycles. The molecule has 12 heteroatoms. The second kappa shape index (κ2) is 11.6. The molecule has 44 heavy (non-hydrogen) atoms. The first kappa shape index (κ1) is 32.1. The highest BCUT2D eigenvalue weighted by Gasteiger charge is 2.58. The average molecular weight is 642 g/mol. The number of carbonyl (C=O) groups is 2. The molecule has 236 valence electrons. The standard InChI is InChI=1S/C32H30ClF6NO4/c1-15(2)22-13-23-28(24-14-44-26(27(22)24)7-4-16(3)8-17-5-6-21(41)12-25(17)33)30(43)40(29(23)42)20-10-18(31(34,35)36)9-19(11-20)32(37,38)39/h5-6,8-12,15,23-24,26,28,41H,4,7,13-14H2,1-3H3/b16-8+/t23-,24+,26-,28-/m1/s1. The summed E-state index contributed by atoms with van der Waals surface area (Å²) in [6.45, 7) is 5.90. The molecule has 2 amide bonds. The third-order valence-corrected chi connectivity index (χ3v) is 8.99. The lowest BCUT2D eigenvalue weighted by Crippen LogP contribution is -2.35. The quantitative estimate of drug-likeness (QED) is 0.195. The number of phenols is 1. The van der Waals surface area contributed by atoms with Gasteiger partial charge in [0.1, 0.15) is 5.75 Å². The van der Waals surface area contributed by atoms with Crippen LogP contribution in [0.2, 0.25) is 5.02 Å². The van der Waals surface area contributed by atoms with Crippen LogP contribution in [0.25, 0.3) is 6.08 Å². The molecule has 2 aromatic carbocycles. The fraction of sp³-hybridized carbons (Fsp3) is 0.438. The van der Waals surface area contributed by atoms with Crippen molar-refractivity contribution < 1.29 is 45.8 Å². The lowest BCUT2D eigenvalue weighted by molar-refractivity contribution is -0.143. The second-order valence-electron chi connectivity index (χ2n) is 11.9. The summed E-state index contributed by atoms with van der Waals surface area (Å²) in [6.07, 6.45) is -7.42. The highest BCUT2D eigenvalue weighted by molar-refractivity contribution is 6.32. The zero-order valence-corrected chi connectivity index (χ0v) is 24.8. The number of amides is 2. The molecule has 4 atom stereocenters. The number of ether oxygens (including phenoxy) is 1. The van der Waals surface area contributed by atoms with Crippen molar-refractivity contribution in [3.8, 4) is 5.75 Å². The first-order valence-corrected chi connectivity index (χ1v) is 14.5. The first-order chi connectivity index (χ1) is 20.5. The molecular weight excluding hydrogens is 612 g/mol. The molecule has 1 aliphatic carbocycles. The number of rotatable bonds is 6. The second-order valence-corrected chi connectivity index (χ2v) is 12.3. The van der Waals surface area contributed by atoms with E-state index >= 15 is 0 Å². The molecule has 2 fully saturated rings. The lowest BCUT2D eigenvalue weighted by Gasteiger charge is -2.33. The minimum Gasteiger partial charge on any atom is -0.508 e. The molecule has 2 heterocycles. The fourth-order valence-corrected chi connectivity index (χ4v) is 6.84. The Kier molecular flexibility index (Phi) is 8.43. The van der Waals surface area contributed by atoms with Crippen LogP contribution < -0.4 is 4.90 Å². The Hall–Kier alpha value is -3.31. The van der Waals surface area contributed by atoms with Crippen LogP contribution in [-0.2, 0) is 26.7 Å². The number of fused-ring (bicyclic) bond motifs is 3. The molecule has 5 rings (SSSR count). The monoisotopic (exact) mass is 641 g/mol. The summed E-state index contributed by atoms with van der Waals surface area (Å²) in [5, 5.41) is 9.99. The van der Waals surface area contributed by atoms with Gasteiger partial charge in [0.15, 0.2) is 0 Å². The molecule has 0 spiro atoms. The molecule has 2 aromatic rings. The van der Waals surface area contributed by atoms with Gasteiger partial charge in [-0.15, -0.1) is 0 Å². The van der Waals surface area contributed by atoms with Crippen molar-refractivity contribution in [3.63, 3.8) is 0 Å². The lowest BCUT2D eigenvalue weighted by atomic mass is 9.67. The van der Waals surface area contributed by atoms with Crippen molar-refractivity contribution in [1.29, 1.82) is 0 Å². The van der Waals surface area contributed by atoms with Gasteiger partial charge < -0.3 is 9.84 Å². The van der Waals surface area contributed by atoms with Gasteiger partial charge in [0, 0.05) is 5.92 Å². The van der Waals surface area contributed by atoms with Crippen molar-refractivity contribution in [3.05, 3.63) is 74.8 Å². The summed E-state index contributed by atoms with van der Waals surface area (Å²) in [5.74, 6) is -4.02. The smallest absolute Gasteiger partial charge is 0.416 e. The van der Waals surface area contributed by atoms with E-state index in [2.05, 4.69) is 0 Å². The van der Waals surface area contributed by atoms with Gasteiger partial charge in [0.05, 0.1) is 46.4 Å². The Balaban J connectivity index is 1.44. The number of carbonyl (C=O) groups excluding carboxylic acids is 2. The highest BCUT2D eigenvalue weighted by Crippen LogP contribution is 2.52. The van der Waals surface area contributed by atoms with Gasteiger partial charge in [-0.1, -0.05) is 42.7 Å². The Labute approximate surface area is 255 Å². The number of hydrogen-bond acceptors (Lipinski definition) is 4. The van der Waals surface area contributed by atoms with Crippen molar-refractivity contribution in [2.24, 2.45) is 23.7 Å². The van der Waals surface area contributed by atoms with Crippen molar-refractivity contribution >= 4 is 35.2 Å². The molecule has 0 radical (unpaired) electrons. The summed E-state index contributed by atoms with van der Waals surface area (Å²) >= 11 is 6.23. The molecule has 2 aliphatic heterocycles. The zero-order valence-electron chi connectivity index (χ0n) is 24.0. The van der Waals surface area contributed by atoms with Crippen molar-refractivity contribution in [2.75, 3.05) is 11.5 Å². The Morgan fingerprint density at radius 1 is 1.02 bits per heavy atom. The van der Waals surface area contributed by atoms with Crippen LogP contribution in [0.15, 0.2) is 53.1 Å². The molecule has 2 saturated heterocycles. The Bertz CT molecular complexity index is 1530. The largest absolute Gasteiger partial charge is 0.508 e. The van der Waals surface area contributed by atoms with E-state index in [0.717, 1.165) is 22.3 Å². The highest BCUT2D eigenvalue weighted by atomic mass is 35.5. The minimum atomic E-state index is -5.12. The number of nitrogens with zero attached hydrogens (tertiary/aromatic N) is 1. The predicted molar refractivity (Wildman–Crippen MR) is 152 cm³/mol. The maximum Gasteiger partial charge on any atom is 0.416 e. The van der Waals surface area contributed by atoms with Gasteiger partial charge in [-0.05, 0) is 79.6 Å². The van der Waals surface area contributed by atoms with E-state index in [-0.39, 0.29) is 36.9 Å². The third-order valence-electron chi connectivity index (χ3n) is 8.66. The number of hydrogen-bond donors (Lipinski definition) is 1. The number of phenolic OH excluding ortho intramolecular Hbond substituents is 1. The summed E-state index contributed by atoms with van der Waals surface area (Å²) in [4.78, 5) is 27.8. The van der Waals surface area contributed by atoms with Crippen LogP contribution in [0.1, 0.15) is 56.7 Å². The van der Waals surface area contributed by atoms with Gasteiger partial charge in [0.2, 0.25) is 11.8 Å². The number of anilines is 1. The van der Waals surface area contributed by atoms with E-state index in [0.29, 0.717) is 34.9 Å². The number of aromatic hydroxyl groups is 1. The average Bonchev–Trinajstić information content (AvgIpc) is 3.45. The van der Waals surface area contributed by atoms with Crippen LogP contribution >= 0.6 is 11.6 Å². The van der Waals surface area contributed by atoms with Crippen LogP contribution in [0.5, 0.6) is 5.75 Å². The Morgan fingerprint density at radius 2 is 1.66 bits per heavy atom. The van der Waals surface area contributed by atoms with E-state index in [1.165, 1.54) is 12.1 Å². The third kappa shape index (κ3) is 6.00. The zero-order chi connectivity index (χ0) is 32.3. The summed E-state index contributed by atoms with van der Waals surface area (Å²) in [5.41, 5.74) is -0.416. The fourth-order valence-electron chi connectivity index (χ4n) is 6.61. The van der Waals surface area contributed by atoms with Crippen molar-refractivity contribution in [1.82, 2.24) is 0 Å². The maximum atomic E-state index is 13.7.